The number of nitrogens with zero attached hydrogens (tertiary/aromatic N) is 1. The summed E-state index contributed by atoms with van der Waals surface area (Å²) in [6.07, 6.45) is 0.229. The smallest absolute Gasteiger partial charge is 0.224 e. The van der Waals surface area contributed by atoms with Gasteiger partial charge in [0, 0.05) is 26.3 Å². The first kappa shape index (κ1) is 19.4. The Balaban J connectivity index is 2.01. The molecule has 0 heterocycles. The van der Waals surface area contributed by atoms with E-state index in [9.17, 15) is 4.79 Å². The van der Waals surface area contributed by atoms with Gasteiger partial charge in [-0.2, -0.15) is 0 Å². The molecule has 0 fully saturated rings. The molecular weight excluding hydrogens is 332 g/mol. The Kier molecular flexibility index (Phi) is 6.72. The van der Waals surface area contributed by atoms with Crippen molar-refractivity contribution in [2.24, 2.45) is 0 Å². The highest BCUT2D eigenvalue weighted by atomic mass is 16.5. The predicted octanol–water partition coefficient (Wildman–Crippen LogP) is 2.64. The van der Waals surface area contributed by atoms with Crippen molar-refractivity contribution >= 4 is 11.6 Å². The van der Waals surface area contributed by atoms with E-state index in [2.05, 4.69) is 5.32 Å². The Morgan fingerprint density at radius 1 is 0.923 bits per heavy atom. The molecule has 0 aliphatic heterocycles. The molecule has 0 bridgehead atoms. The average molecular weight is 358 g/mol. The topological polar surface area (TPSA) is 60.0 Å². The first-order chi connectivity index (χ1) is 12.5. The van der Waals surface area contributed by atoms with Crippen LogP contribution in [0, 0.1) is 0 Å². The van der Waals surface area contributed by atoms with Crippen molar-refractivity contribution in [1.82, 2.24) is 5.32 Å². The third kappa shape index (κ3) is 4.81. The lowest BCUT2D eigenvalue weighted by molar-refractivity contribution is -0.120. The lowest BCUT2D eigenvalue weighted by Gasteiger charge is -2.14. The summed E-state index contributed by atoms with van der Waals surface area (Å²) in [7, 11) is 8.65. The fourth-order valence-corrected chi connectivity index (χ4v) is 2.60. The minimum atomic E-state index is -0.0732. The van der Waals surface area contributed by atoms with Crippen LogP contribution in [-0.2, 0) is 17.8 Å². The van der Waals surface area contributed by atoms with E-state index in [1.54, 1.807) is 33.5 Å². The number of amides is 1. The van der Waals surface area contributed by atoms with Gasteiger partial charge in [-0.05, 0) is 35.4 Å². The van der Waals surface area contributed by atoms with Crippen LogP contribution in [0.2, 0.25) is 0 Å². The van der Waals surface area contributed by atoms with Gasteiger partial charge < -0.3 is 24.4 Å². The van der Waals surface area contributed by atoms with Crippen LogP contribution in [0.1, 0.15) is 11.1 Å². The number of hydrogen-bond acceptors (Lipinski definition) is 5. The zero-order chi connectivity index (χ0) is 19.1. The number of carbonyl (C=O) groups is 1. The van der Waals surface area contributed by atoms with Gasteiger partial charge in [-0.15, -0.1) is 0 Å². The third-order valence-electron chi connectivity index (χ3n) is 4.03. The van der Waals surface area contributed by atoms with E-state index in [-0.39, 0.29) is 12.3 Å². The number of ether oxygens (including phenoxy) is 3. The standard InChI is InChI=1S/C20H26N2O4/c1-22(2)16-8-6-14(7-9-16)13-21-19(23)12-15-10-17(24-3)20(26-5)18(11-15)25-4/h6-11H,12-13H2,1-5H3,(H,21,23). The van der Waals surface area contributed by atoms with Crippen LogP contribution in [0.25, 0.3) is 0 Å². The maximum atomic E-state index is 12.3. The molecule has 2 aromatic rings. The zero-order valence-corrected chi connectivity index (χ0v) is 16.0. The minimum Gasteiger partial charge on any atom is -0.493 e. The molecule has 0 aliphatic rings. The molecule has 6 nitrogen and oxygen atoms in total. The van der Waals surface area contributed by atoms with Crippen LogP contribution >= 0.6 is 0 Å². The summed E-state index contributed by atoms with van der Waals surface area (Å²) < 4.78 is 15.9. The molecule has 0 unspecified atom stereocenters. The SMILES string of the molecule is COc1cc(CC(=O)NCc2ccc(N(C)C)cc2)cc(OC)c1OC. The average Bonchev–Trinajstić information content (AvgIpc) is 2.65. The van der Waals surface area contributed by atoms with E-state index in [1.165, 1.54) is 0 Å². The predicted molar refractivity (Wildman–Crippen MR) is 102 cm³/mol. The highest BCUT2D eigenvalue weighted by Crippen LogP contribution is 2.38. The normalized spacial score (nSPS) is 10.2. The molecule has 0 radical (unpaired) electrons. The van der Waals surface area contributed by atoms with E-state index < -0.39 is 0 Å². The van der Waals surface area contributed by atoms with Gasteiger partial charge in [0.1, 0.15) is 0 Å². The number of hydrogen-bond donors (Lipinski definition) is 1. The van der Waals surface area contributed by atoms with Gasteiger partial charge >= 0.3 is 0 Å². The monoisotopic (exact) mass is 358 g/mol. The van der Waals surface area contributed by atoms with E-state index in [4.69, 9.17) is 14.2 Å². The second-order valence-corrected chi connectivity index (χ2v) is 6.05. The molecule has 0 saturated carbocycles. The van der Waals surface area contributed by atoms with Crippen molar-refractivity contribution < 1.29 is 19.0 Å². The van der Waals surface area contributed by atoms with Gasteiger partial charge in [-0.3, -0.25) is 4.79 Å². The molecule has 0 atom stereocenters. The largest absolute Gasteiger partial charge is 0.493 e. The molecule has 1 amide bonds. The van der Waals surface area contributed by atoms with Crippen molar-refractivity contribution in [3.63, 3.8) is 0 Å². The molecule has 1 N–H and O–H groups in total. The number of nitrogens with one attached hydrogen (secondary N) is 1. The second-order valence-electron chi connectivity index (χ2n) is 6.05. The molecular formula is C20H26N2O4. The molecule has 0 aromatic heterocycles. The fraction of sp³-hybridized carbons (Fsp3) is 0.350. The summed E-state index contributed by atoms with van der Waals surface area (Å²) in [6.45, 7) is 0.483. The van der Waals surface area contributed by atoms with Gasteiger partial charge in [0.2, 0.25) is 11.7 Å². The van der Waals surface area contributed by atoms with Gasteiger partial charge in [-0.1, -0.05) is 12.1 Å². The molecule has 0 saturated heterocycles. The molecule has 140 valence electrons. The van der Waals surface area contributed by atoms with Crippen LogP contribution < -0.4 is 24.4 Å². The fourth-order valence-electron chi connectivity index (χ4n) is 2.60. The van der Waals surface area contributed by atoms with Crippen molar-refractivity contribution in [3.8, 4) is 17.2 Å². The number of methoxy groups -OCH3 is 3. The van der Waals surface area contributed by atoms with Crippen LogP contribution in [0.15, 0.2) is 36.4 Å². The Morgan fingerprint density at radius 2 is 1.50 bits per heavy atom. The van der Waals surface area contributed by atoms with E-state index in [1.807, 2.05) is 43.3 Å². The van der Waals surface area contributed by atoms with Gasteiger partial charge in [-0.25, -0.2) is 0 Å². The van der Waals surface area contributed by atoms with Crippen LogP contribution in [-0.4, -0.2) is 41.3 Å². The molecule has 0 aliphatic carbocycles. The van der Waals surface area contributed by atoms with E-state index in [0.29, 0.717) is 23.8 Å². The summed E-state index contributed by atoms with van der Waals surface area (Å²) in [4.78, 5) is 14.3. The summed E-state index contributed by atoms with van der Waals surface area (Å²) in [5.41, 5.74) is 2.96. The molecule has 2 rings (SSSR count). The number of anilines is 1. The maximum Gasteiger partial charge on any atom is 0.224 e. The summed E-state index contributed by atoms with van der Waals surface area (Å²) in [5, 5.41) is 2.93. The molecule has 0 spiro atoms. The molecule has 26 heavy (non-hydrogen) atoms. The first-order valence-corrected chi connectivity index (χ1v) is 8.30. The van der Waals surface area contributed by atoms with Crippen molar-refractivity contribution in [1.29, 1.82) is 0 Å². The Labute approximate surface area is 154 Å². The van der Waals surface area contributed by atoms with Crippen molar-refractivity contribution in [2.75, 3.05) is 40.3 Å². The lowest BCUT2D eigenvalue weighted by atomic mass is 10.1. The third-order valence-corrected chi connectivity index (χ3v) is 4.03. The number of rotatable bonds is 8. The lowest BCUT2D eigenvalue weighted by Crippen LogP contribution is -2.24. The highest BCUT2D eigenvalue weighted by Gasteiger charge is 2.14. The Morgan fingerprint density at radius 3 is 1.96 bits per heavy atom. The van der Waals surface area contributed by atoms with Crippen molar-refractivity contribution in [3.05, 3.63) is 47.5 Å². The van der Waals surface area contributed by atoms with Gasteiger partial charge in [0.15, 0.2) is 11.5 Å². The quantitative estimate of drug-likeness (QED) is 0.786. The second kappa shape index (κ2) is 8.99. The van der Waals surface area contributed by atoms with E-state index >= 15 is 0 Å². The van der Waals surface area contributed by atoms with Crippen LogP contribution in [0.4, 0.5) is 5.69 Å². The zero-order valence-electron chi connectivity index (χ0n) is 16.0. The molecule has 2 aromatic carbocycles. The Hall–Kier alpha value is -2.89. The number of carbonyl (C=O) groups excluding carboxylic acids is 1. The summed E-state index contributed by atoms with van der Waals surface area (Å²) in [6, 6.07) is 11.6. The first-order valence-electron chi connectivity index (χ1n) is 8.30. The van der Waals surface area contributed by atoms with Crippen LogP contribution in [0.5, 0.6) is 17.2 Å². The summed E-state index contributed by atoms with van der Waals surface area (Å²) >= 11 is 0. The Bertz CT molecular complexity index is 717. The molecule has 6 heteroatoms. The van der Waals surface area contributed by atoms with Gasteiger partial charge in [0.05, 0.1) is 27.8 Å². The summed E-state index contributed by atoms with van der Waals surface area (Å²) in [5.74, 6) is 1.51. The highest BCUT2D eigenvalue weighted by molar-refractivity contribution is 5.79. The minimum absolute atomic E-state index is 0.0732. The van der Waals surface area contributed by atoms with Gasteiger partial charge in [0.25, 0.3) is 0 Å². The van der Waals surface area contributed by atoms with E-state index in [0.717, 1.165) is 16.8 Å². The maximum absolute atomic E-state index is 12.3. The van der Waals surface area contributed by atoms with Crippen molar-refractivity contribution in [2.45, 2.75) is 13.0 Å². The number of benzene rings is 2. The van der Waals surface area contributed by atoms with Crippen LogP contribution in [0.3, 0.4) is 0 Å².